The molecule has 0 N–H and O–H groups in total. The molecule has 1 saturated heterocycles. The van der Waals surface area contributed by atoms with E-state index in [4.69, 9.17) is 4.74 Å². The van der Waals surface area contributed by atoms with Gasteiger partial charge in [0.1, 0.15) is 0 Å². The molecule has 100 valence electrons. The second-order valence-electron chi connectivity index (χ2n) is 5.42. The summed E-state index contributed by atoms with van der Waals surface area (Å²) in [4.78, 5) is 2.32. The Morgan fingerprint density at radius 2 is 1.45 bits per heavy atom. The van der Waals surface area contributed by atoms with E-state index in [1.165, 1.54) is 22.3 Å². The van der Waals surface area contributed by atoms with Crippen molar-refractivity contribution in [2.24, 2.45) is 0 Å². The van der Waals surface area contributed by atoms with Crippen LogP contribution in [0.15, 0.2) is 48.5 Å². The minimum Gasteiger partial charge on any atom is -0.350 e. The fourth-order valence-electron chi connectivity index (χ4n) is 3.39. The fourth-order valence-corrected chi connectivity index (χ4v) is 3.39. The quantitative estimate of drug-likeness (QED) is 0.723. The van der Waals surface area contributed by atoms with Crippen LogP contribution in [0.1, 0.15) is 22.3 Å². The van der Waals surface area contributed by atoms with Crippen molar-refractivity contribution in [3.63, 3.8) is 0 Å². The molecule has 1 spiro atoms. The summed E-state index contributed by atoms with van der Waals surface area (Å²) in [6.45, 7) is 1.71. The zero-order chi connectivity index (χ0) is 13.6. The van der Waals surface area contributed by atoms with Gasteiger partial charge in [-0.3, -0.25) is 4.90 Å². The van der Waals surface area contributed by atoms with Crippen molar-refractivity contribution in [2.75, 3.05) is 20.2 Å². The average Bonchev–Trinajstić information content (AvgIpc) is 2.81. The molecule has 0 saturated carbocycles. The lowest BCUT2D eigenvalue weighted by atomic mass is 9.89. The second kappa shape index (κ2) is 4.30. The van der Waals surface area contributed by atoms with Gasteiger partial charge in [-0.05, 0) is 18.2 Å². The number of nitrogens with zero attached hydrogens (tertiary/aromatic N) is 1. The minimum atomic E-state index is -0.448. The molecule has 0 aromatic heterocycles. The maximum Gasteiger partial charge on any atom is 0.175 e. The molecule has 1 aliphatic carbocycles. The lowest BCUT2D eigenvalue weighted by Gasteiger charge is -2.37. The molecule has 0 amide bonds. The van der Waals surface area contributed by atoms with Crippen molar-refractivity contribution in [1.29, 1.82) is 0 Å². The van der Waals surface area contributed by atoms with Crippen molar-refractivity contribution >= 4 is 12.2 Å². The van der Waals surface area contributed by atoms with E-state index >= 15 is 0 Å². The molecule has 2 aromatic carbocycles. The summed E-state index contributed by atoms with van der Waals surface area (Å²) in [5.74, 6) is 0. The van der Waals surface area contributed by atoms with Gasteiger partial charge >= 0.3 is 0 Å². The van der Waals surface area contributed by atoms with E-state index in [-0.39, 0.29) is 0 Å². The number of ether oxygens (including phenoxy) is 1. The molecule has 0 unspecified atom stereocenters. The number of likely N-dealkylation sites (N-methyl/N-ethyl adjacent to an activating group) is 1. The van der Waals surface area contributed by atoms with Crippen LogP contribution in [0.5, 0.6) is 0 Å². The lowest BCUT2D eigenvalue weighted by molar-refractivity contribution is -0.0411. The predicted molar refractivity (Wildman–Crippen MR) is 81.2 cm³/mol. The zero-order valence-electron chi connectivity index (χ0n) is 11.5. The van der Waals surface area contributed by atoms with E-state index in [1.807, 2.05) is 0 Å². The molecule has 2 aromatic rings. The van der Waals surface area contributed by atoms with Crippen LogP contribution in [0.2, 0.25) is 0 Å². The highest BCUT2D eigenvalue weighted by molar-refractivity contribution is 5.77. The van der Waals surface area contributed by atoms with Crippen molar-refractivity contribution in [3.05, 3.63) is 70.8 Å². The first-order chi connectivity index (χ1) is 9.82. The van der Waals surface area contributed by atoms with E-state index in [2.05, 4.69) is 72.6 Å². The highest BCUT2D eigenvalue weighted by Gasteiger charge is 2.46. The monoisotopic (exact) mass is 263 g/mol. The molecule has 2 nitrogen and oxygen atoms in total. The first-order valence-corrected chi connectivity index (χ1v) is 7.05. The van der Waals surface area contributed by atoms with Gasteiger partial charge in [0.25, 0.3) is 0 Å². The molecule has 2 aliphatic rings. The smallest absolute Gasteiger partial charge is 0.175 e. The van der Waals surface area contributed by atoms with Gasteiger partial charge in [-0.25, -0.2) is 0 Å². The van der Waals surface area contributed by atoms with Crippen molar-refractivity contribution < 1.29 is 4.74 Å². The Kier molecular flexibility index (Phi) is 2.56. The van der Waals surface area contributed by atoms with Gasteiger partial charge in [-0.1, -0.05) is 60.7 Å². The molecule has 4 rings (SSSR count). The summed E-state index contributed by atoms with van der Waals surface area (Å²) in [6, 6.07) is 17.1. The van der Waals surface area contributed by atoms with Crippen LogP contribution in [0.25, 0.3) is 12.2 Å². The second-order valence-corrected chi connectivity index (χ2v) is 5.42. The Morgan fingerprint density at radius 1 is 0.900 bits per heavy atom. The van der Waals surface area contributed by atoms with Crippen LogP contribution >= 0.6 is 0 Å². The summed E-state index contributed by atoms with van der Waals surface area (Å²) >= 11 is 0. The maximum absolute atomic E-state index is 6.31. The average molecular weight is 263 g/mol. The van der Waals surface area contributed by atoms with E-state index in [0.717, 1.165) is 13.2 Å². The first-order valence-electron chi connectivity index (χ1n) is 7.05. The van der Waals surface area contributed by atoms with Crippen LogP contribution in [0, 0.1) is 0 Å². The van der Waals surface area contributed by atoms with Gasteiger partial charge in [0.2, 0.25) is 0 Å². The van der Waals surface area contributed by atoms with Crippen molar-refractivity contribution in [3.8, 4) is 0 Å². The van der Waals surface area contributed by atoms with Crippen molar-refractivity contribution in [1.82, 2.24) is 4.90 Å². The molecule has 0 bridgehead atoms. The van der Waals surface area contributed by atoms with Crippen LogP contribution in [-0.4, -0.2) is 25.1 Å². The SMILES string of the molecule is CN1CCOC12c1ccccc1C=Cc1ccccc12. The van der Waals surface area contributed by atoms with Crippen molar-refractivity contribution in [2.45, 2.75) is 5.72 Å². The fraction of sp³-hybridized carbons (Fsp3) is 0.222. The summed E-state index contributed by atoms with van der Waals surface area (Å²) in [5, 5.41) is 0. The molecule has 0 radical (unpaired) electrons. The topological polar surface area (TPSA) is 12.5 Å². The molecular weight excluding hydrogens is 246 g/mol. The Bertz CT molecular complexity index is 640. The predicted octanol–water partition coefficient (Wildman–Crippen LogP) is 3.33. The van der Waals surface area contributed by atoms with Crippen LogP contribution in [0.4, 0.5) is 0 Å². The maximum atomic E-state index is 6.31. The van der Waals surface area contributed by atoms with Gasteiger partial charge in [0, 0.05) is 17.7 Å². The highest BCUT2D eigenvalue weighted by atomic mass is 16.5. The van der Waals surface area contributed by atoms with Gasteiger partial charge < -0.3 is 4.74 Å². The third-order valence-electron chi connectivity index (χ3n) is 4.37. The summed E-state index contributed by atoms with van der Waals surface area (Å²) in [7, 11) is 2.14. The van der Waals surface area contributed by atoms with E-state index in [0.29, 0.717) is 0 Å². The number of fused-ring (bicyclic) bond motifs is 4. The van der Waals surface area contributed by atoms with E-state index in [9.17, 15) is 0 Å². The summed E-state index contributed by atoms with van der Waals surface area (Å²) < 4.78 is 6.31. The highest BCUT2D eigenvalue weighted by Crippen LogP contribution is 2.44. The van der Waals surface area contributed by atoms with Gasteiger partial charge in [0.05, 0.1) is 6.61 Å². The minimum absolute atomic E-state index is 0.448. The van der Waals surface area contributed by atoms with Crippen LogP contribution in [-0.2, 0) is 10.5 Å². The molecule has 1 fully saturated rings. The number of rotatable bonds is 0. The number of hydrogen-bond acceptors (Lipinski definition) is 2. The third-order valence-corrected chi connectivity index (χ3v) is 4.37. The summed E-state index contributed by atoms with van der Waals surface area (Å²) in [6.07, 6.45) is 4.39. The number of hydrogen-bond donors (Lipinski definition) is 0. The van der Waals surface area contributed by atoms with Crippen LogP contribution in [0.3, 0.4) is 0 Å². The number of benzene rings is 2. The Balaban J connectivity index is 2.09. The Hall–Kier alpha value is -1.90. The standard InChI is InChI=1S/C18H17NO/c1-19-12-13-20-18(19)16-8-4-2-6-14(16)10-11-15-7-3-5-9-17(15)18/h2-11H,12-13H2,1H3. The lowest BCUT2D eigenvalue weighted by Crippen LogP contribution is -2.41. The van der Waals surface area contributed by atoms with Gasteiger partial charge in [0.15, 0.2) is 5.72 Å². The molecule has 2 heteroatoms. The summed E-state index contributed by atoms with van der Waals surface area (Å²) in [5.41, 5.74) is 4.49. The molecular formula is C18H17NO. The third kappa shape index (κ3) is 1.46. The zero-order valence-corrected chi connectivity index (χ0v) is 11.5. The van der Waals surface area contributed by atoms with E-state index < -0.39 is 5.72 Å². The van der Waals surface area contributed by atoms with Gasteiger partial charge in [-0.2, -0.15) is 0 Å². The molecule has 1 aliphatic heterocycles. The Morgan fingerprint density at radius 3 is 1.95 bits per heavy atom. The largest absolute Gasteiger partial charge is 0.350 e. The van der Waals surface area contributed by atoms with Gasteiger partial charge in [-0.15, -0.1) is 0 Å². The Labute approximate surface area is 119 Å². The first kappa shape index (κ1) is 11.9. The normalized spacial score (nSPS) is 19.6. The molecule has 1 heterocycles. The molecule has 20 heavy (non-hydrogen) atoms. The molecule has 0 atom stereocenters. The van der Waals surface area contributed by atoms with E-state index in [1.54, 1.807) is 0 Å². The van der Waals surface area contributed by atoms with Crippen LogP contribution < -0.4 is 0 Å².